The summed E-state index contributed by atoms with van der Waals surface area (Å²) >= 11 is 6.78. The molecule has 1 amide bonds. The number of H-pyrrole nitrogens is 1. The zero-order valence-corrected chi connectivity index (χ0v) is 22.6. The number of hydrogen-bond donors (Lipinski definition) is 1. The Kier molecular flexibility index (Phi) is 6.81. The van der Waals surface area contributed by atoms with E-state index in [4.69, 9.17) is 11.6 Å². The first-order valence-electron chi connectivity index (χ1n) is 13.5. The second-order valence-electron chi connectivity index (χ2n) is 10.6. The summed E-state index contributed by atoms with van der Waals surface area (Å²) in [7, 11) is 2.20. The van der Waals surface area contributed by atoms with Gasteiger partial charge in [-0.1, -0.05) is 54.1 Å². The van der Waals surface area contributed by atoms with Crippen molar-refractivity contribution in [1.29, 1.82) is 0 Å². The Morgan fingerprint density at radius 1 is 1.11 bits per heavy atom. The largest absolute Gasteiger partial charge is 0.339 e. The van der Waals surface area contributed by atoms with Crippen molar-refractivity contribution in [2.24, 2.45) is 0 Å². The number of amides is 1. The minimum Gasteiger partial charge on any atom is -0.339 e. The number of halogens is 1. The number of nitrogens with one attached hydrogen (secondary N) is 1. The first kappa shape index (κ1) is 24.9. The van der Waals surface area contributed by atoms with Crippen molar-refractivity contribution in [2.45, 2.75) is 38.0 Å². The normalized spacial score (nSPS) is 16.5. The van der Waals surface area contributed by atoms with Crippen molar-refractivity contribution in [3.05, 3.63) is 83.5 Å². The summed E-state index contributed by atoms with van der Waals surface area (Å²) in [5, 5.41) is 1.57. The van der Waals surface area contributed by atoms with Crippen LogP contribution in [-0.4, -0.2) is 47.5 Å². The van der Waals surface area contributed by atoms with Crippen LogP contribution in [0, 0.1) is 0 Å². The third-order valence-electron chi connectivity index (χ3n) is 8.15. The molecule has 4 heterocycles. The fourth-order valence-corrected chi connectivity index (χ4v) is 6.31. The monoisotopic (exact) mass is 524 g/mol. The molecule has 1 fully saturated rings. The summed E-state index contributed by atoms with van der Waals surface area (Å²) in [4.78, 5) is 25.4. The Labute approximate surface area is 229 Å². The first-order valence-corrected chi connectivity index (χ1v) is 13.9. The number of aromatic amines is 1. The lowest BCUT2D eigenvalue weighted by Gasteiger charge is -2.30. The highest BCUT2D eigenvalue weighted by Gasteiger charge is 2.25. The second kappa shape index (κ2) is 10.4. The maximum absolute atomic E-state index is 12.9. The highest BCUT2D eigenvalue weighted by molar-refractivity contribution is 6.36. The smallest absolute Gasteiger partial charge is 0.230 e. The SMILES string of the molecule is C=CCC(=O)N1CCCc2ccc(-c3c(-c4ccc(C5CCN(C)CC5)cc4)[nH]c4nccc(Cl)c34)cc21. The van der Waals surface area contributed by atoms with E-state index in [1.54, 1.807) is 12.3 Å². The second-order valence-corrected chi connectivity index (χ2v) is 11.0. The van der Waals surface area contributed by atoms with Gasteiger partial charge >= 0.3 is 0 Å². The first-order chi connectivity index (χ1) is 18.5. The number of likely N-dealkylation sites (tertiary alicyclic amines) is 1. The number of nitrogens with zero attached hydrogens (tertiary/aromatic N) is 3. The number of aromatic nitrogens is 2. The van der Waals surface area contributed by atoms with E-state index in [1.165, 1.54) is 24.0 Å². The van der Waals surface area contributed by atoms with E-state index in [1.807, 2.05) is 11.0 Å². The molecule has 2 aliphatic rings. The Morgan fingerprint density at radius 3 is 2.63 bits per heavy atom. The van der Waals surface area contributed by atoms with Crippen LogP contribution < -0.4 is 4.90 Å². The molecular formula is C32H33ClN4O. The van der Waals surface area contributed by atoms with Crippen molar-refractivity contribution in [1.82, 2.24) is 14.9 Å². The van der Waals surface area contributed by atoms with Gasteiger partial charge in [0.1, 0.15) is 5.65 Å². The molecule has 2 aromatic carbocycles. The lowest BCUT2D eigenvalue weighted by atomic mass is 9.88. The summed E-state index contributed by atoms with van der Waals surface area (Å²) in [6.07, 6.45) is 8.08. The summed E-state index contributed by atoms with van der Waals surface area (Å²) < 4.78 is 0. The van der Waals surface area contributed by atoms with Crippen LogP contribution in [0.15, 0.2) is 67.4 Å². The molecule has 0 radical (unpaired) electrons. The molecule has 1 saturated heterocycles. The van der Waals surface area contributed by atoms with Crippen molar-refractivity contribution in [3.8, 4) is 22.4 Å². The fraction of sp³-hybridized carbons (Fsp3) is 0.312. The molecule has 6 heteroatoms. The van der Waals surface area contributed by atoms with Crippen LogP contribution in [0.1, 0.15) is 42.7 Å². The molecule has 0 spiro atoms. The summed E-state index contributed by atoms with van der Waals surface area (Å²) in [5.41, 5.74) is 8.50. The molecule has 38 heavy (non-hydrogen) atoms. The van der Waals surface area contributed by atoms with E-state index in [0.717, 1.165) is 71.6 Å². The third kappa shape index (κ3) is 4.55. The van der Waals surface area contributed by atoms with E-state index >= 15 is 0 Å². The topological polar surface area (TPSA) is 52.2 Å². The van der Waals surface area contributed by atoms with Crippen molar-refractivity contribution >= 4 is 34.2 Å². The molecule has 6 rings (SSSR count). The van der Waals surface area contributed by atoms with Gasteiger partial charge < -0.3 is 14.8 Å². The Hall–Kier alpha value is -3.41. The molecule has 0 bridgehead atoms. The van der Waals surface area contributed by atoms with E-state index in [0.29, 0.717) is 17.4 Å². The van der Waals surface area contributed by atoms with Crippen LogP contribution in [0.4, 0.5) is 5.69 Å². The number of carbonyl (C=O) groups excluding carboxylic acids is 1. The van der Waals surface area contributed by atoms with Gasteiger partial charge in [0.2, 0.25) is 5.91 Å². The molecule has 5 nitrogen and oxygen atoms in total. The number of benzene rings is 2. The van der Waals surface area contributed by atoms with E-state index in [2.05, 4.69) is 71.0 Å². The van der Waals surface area contributed by atoms with Crippen LogP contribution in [-0.2, 0) is 11.2 Å². The highest BCUT2D eigenvalue weighted by atomic mass is 35.5. The van der Waals surface area contributed by atoms with E-state index < -0.39 is 0 Å². The van der Waals surface area contributed by atoms with Crippen LogP contribution in [0.25, 0.3) is 33.4 Å². The fourth-order valence-electron chi connectivity index (χ4n) is 6.07. The zero-order valence-electron chi connectivity index (χ0n) is 21.8. The maximum Gasteiger partial charge on any atom is 0.230 e. The van der Waals surface area contributed by atoms with Crippen LogP contribution in [0.3, 0.4) is 0 Å². The third-order valence-corrected chi connectivity index (χ3v) is 8.46. The average molecular weight is 525 g/mol. The molecule has 0 atom stereocenters. The number of carbonyl (C=O) groups is 1. The molecule has 194 valence electrons. The van der Waals surface area contributed by atoms with Gasteiger partial charge in [-0.05, 0) is 86.1 Å². The molecular weight excluding hydrogens is 492 g/mol. The van der Waals surface area contributed by atoms with Gasteiger partial charge in [-0.3, -0.25) is 4.79 Å². The number of hydrogen-bond acceptors (Lipinski definition) is 3. The number of piperidine rings is 1. The predicted molar refractivity (Wildman–Crippen MR) is 157 cm³/mol. The predicted octanol–water partition coefficient (Wildman–Crippen LogP) is 7.21. The van der Waals surface area contributed by atoms with Gasteiger partial charge in [0.25, 0.3) is 0 Å². The number of aryl methyl sites for hydroxylation is 1. The molecule has 0 aliphatic carbocycles. The van der Waals surface area contributed by atoms with Gasteiger partial charge in [-0.25, -0.2) is 4.98 Å². The summed E-state index contributed by atoms with van der Waals surface area (Å²) in [6, 6.07) is 17.3. The molecule has 4 aromatic rings. The van der Waals surface area contributed by atoms with Crippen molar-refractivity contribution in [2.75, 3.05) is 31.6 Å². The van der Waals surface area contributed by atoms with Gasteiger partial charge in [-0.15, -0.1) is 6.58 Å². The lowest BCUT2D eigenvalue weighted by molar-refractivity contribution is -0.117. The van der Waals surface area contributed by atoms with Gasteiger partial charge in [0, 0.05) is 35.8 Å². The Balaban J connectivity index is 1.45. The zero-order chi connectivity index (χ0) is 26.2. The average Bonchev–Trinajstić information content (AvgIpc) is 3.34. The van der Waals surface area contributed by atoms with Gasteiger partial charge in [0.15, 0.2) is 0 Å². The number of fused-ring (bicyclic) bond motifs is 2. The Bertz CT molecular complexity index is 1500. The van der Waals surface area contributed by atoms with Crippen molar-refractivity contribution < 1.29 is 4.79 Å². The lowest BCUT2D eigenvalue weighted by Crippen LogP contribution is -2.35. The molecule has 2 aliphatic heterocycles. The standard InChI is InChI=1S/C32H33ClN4O/c1-3-5-28(38)37-17-4-6-23-9-12-25(20-27(23)37)29-30-26(33)13-16-34-32(30)35-31(29)24-10-7-21(8-11-24)22-14-18-36(2)19-15-22/h3,7-13,16,20,22H,1,4-6,14-15,17-19H2,2H3,(H,34,35). The Morgan fingerprint density at radius 2 is 1.87 bits per heavy atom. The van der Waals surface area contributed by atoms with E-state index in [9.17, 15) is 4.79 Å². The number of rotatable bonds is 5. The van der Waals surface area contributed by atoms with Gasteiger partial charge in [0.05, 0.1) is 10.7 Å². The molecule has 2 aromatic heterocycles. The van der Waals surface area contributed by atoms with Crippen LogP contribution in [0.2, 0.25) is 5.02 Å². The number of anilines is 1. The minimum absolute atomic E-state index is 0.0847. The van der Waals surface area contributed by atoms with E-state index in [-0.39, 0.29) is 5.91 Å². The quantitative estimate of drug-likeness (QED) is 0.280. The van der Waals surface area contributed by atoms with Crippen LogP contribution in [0.5, 0.6) is 0 Å². The maximum atomic E-state index is 12.9. The van der Waals surface area contributed by atoms with Crippen LogP contribution >= 0.6 is 11.6 Å². The summed E-state index contributed by atoms with van der Waals surface area (Å²) in [6.45, 7) is 6.78. The minimum atomic E-state index is 0.0847. The van der Waals surface area contributed by atoms with Crippen molar-refractivity contribution in [3.63, 3.8) is 0 Å². The highest BCUT2D eigenvalue weighted by Crippen LogP contribution is 2.43. The number of pyridine rings is 1. The van der Waals surface area contributed by atoms with Gasteiger partial charge in [-0.2, -0.15) is 0 Å². The molecule has 0 unspecified atom stereocenters. The summed E-state index contributed by atoms with van der Waals surface area (Å²) in [5.74, 6) is 0.694. The molecule has 1 N–H and O–H groups in total. The molecule has 0 saturated carbocycles.